The summed E-state index contributed by atoms with van der Waals surface area (Å²) < 4.78 is 10.2. The first kappa shape index (κ1) is 13.9. The Kier molecular flexibility index (Phi) is 4.60. The fourth-order valence-electron chi connectivity index (χ4n) is 1.81. The van der Waals surface area contributed by atoms with Crippen molar-refractivity contribution >= 4 is 5.97 Å². The van der Waals surface area contributed by atoms with Gasteiger partial charge in [-0.1, -0.05) is 30.3 Å². The van der Waals surface area contributed by atoms with Crippen LogP contribution in [0.5, 0.6) is 11.5 Å². The van der Waals surface area contributed by atoms with E-state index in [0.29, 0.717) is 17.9 Å². The van der Waals surface area contributed by atoms with Crippen LogP contribution in [0.4, 0.5) is 0 Å². The van der Waals surface area contributed by atoms with Gasteiger partial charge in [0.15, 0.2) is 0 Å². The highest BCUT2D eigenvalue weighted by Gasteiger charge is 2.07. The van der Waals surface area contributed by atoms with Gasteiger partial charge >= 0.3 is 5.97 Å². The molecule has 0 radical (unpaired) electrons. The molecule has 0 fully saturated rings. The van der Waals surface area contributed by atoms with Gasteiger partial charge in [-0.25, -0.2) is 0 Å². The molecule has 0 saturated carbocycles. The van der Waals surface area contributed by atoms with Gasteiger partial charge in [-0.3, -0.25) is 4.79 Å². The number of phenols is 1. The predicted octanol–water partition coefficient (Wildman–Crippen LogP) is 2.69. The van der Waals surface area contributed by atoms with Crippen molar-refractivity contribution in [3.8, 4) is 11.5 Å². The molecule has 104 valence electrons. The van der Waals surface area contributed by atoms with Crippen molar-refractivity contribution in [2.24, 2.45) is 0 Å². The molecule has 2 aromatic rings. The van der Waals surface area contributed by atoms with Crippen LogP contribution in [0.25, 0.3) is 0 Å². The first-order chi connectivity index (χ1) is 9.67. The van der Waals surface area contributed by atoms with Crippen LogP contribution in [0.15, 0.2) is 48.5 Å². The second-order valence-electron chi connectivity index (χ2n) is 4.36. The molecule has 0 aliphatic rings. The molecule has 4 nitrogen and oxygen atoms in total. The van der Waals surface area contributed by atoms with Crippen molar-refractivity contribution in [2.45, 2.75) is 13.0 Å². The minimum atomic E-state index is -0.357. The van der Waals surface area contributed by atoms with Gasteiger partial charge in [0.1, 0.15) is 18.1 Å². The average Bonchev–Trinajstić information content (AvgIpc) is 2.45. The Hall–Kier alpha value is -2.49. The Labute approximate surface area is 117 Å². The summed E-state index contributed by atoms with van der Waals surface area (Å²) in [7, 11) is 1.33. The molecule has 1 N–H and O–H groups in total. The smallest absolute Gasteiger partial charge is 0.309 e. The number of aromatic hydroxyl groups is 1. The Bertz CT molecular complexity index is 578. The summed E-state index contributed by atoms with van der Waals surface area (Å²) in [6.07, 6.45) is 0.104. The quantitative estimate of drug-likeness (QED) is 0.850. The highest BCUT2D eigenvalue weighted by molar-refractivity contribution is 5.72. The number of rotatable bonds is 5. The molecule has 0 atom stereocenters. The van der Waals surface area contributed by atoms with E-state index < -0.39 is 0 Å². The SMILES string of the molecule is COC(=O)Cc1cc(O)cc(OCc2ccccc2)c1. The van der Waals surface area contributed by atoms with Crippen molar-refractivity contribution < 1.29 is 19.4 Å². The van der Waals surface area contributed by atoms with Crippen LogP contribution in [0.2, 0.25) is 0 Å². The zero-order valence-electron chi connectivity index (χ0n) is 11.2. The molecule has 0 aliphatic carbocycles. The largest absolute Gasteiger partial charge is 0.508 e. The summed E-state index contributed by atoms with van der Waals surface area (Å²) in [6, 6.07) is 14.5. The molecule has 20 heavy (non-hydrogen) atoms. The van der Waals surface area contributed by atoms with E-state index in [4.69, 9.17) is 4.74 Å². The number of hydrogen-bond acceptors (Lipinski definition) is 4. The number of carbonyl (C=O) groups excluding carboxylic acids is 1. The molecular formula is C16H16O4. The molecular weight excluding hydrogens is 256 g/mol. The van der Waals surface area contributed by atoms with Gasteiger partial charge in [-0.2, -0.15) is 0 Å². The topological polar surface area (TPSA) is 55.8 Å². The summed E-state index contributed by atoms with van der Waals surface area (Å²) in [6.45, 7) is 0.405. The lowest BCUT2D eigenvalue weighted by atomic mass is 10.1. The fourth-order valence-corrected chi connectivity index (χ4v) is 1.81. The molecule has 0 saturated heterocycles. The van der Waals surface area contributed by atoms with E-state index in [0.717, 1.165) is 5.56 Å². The van der Waals surface area contributed by atoms with Gasteiger partial charge in [0.25, 0.3) is 0 Å². The zero-order valence-corrected chi connectivity index (χ0v) is 11.2. The fraction of sp³-hybridized carbons (Fsp3) is 0.188. The van der Waals surface area contributed by atoms with Crippen LogP contribution in [-0.4, -0.2) is 18.2 Å². The number of carbonyl (C=O) groups is 1. The summed E-state index contributed by atoms with van der Waals surface area (Å²) in [5.74, 6) is 0.229. The molecule has 0 bridgehead atoms. The number of ether oxygens (including phenoxy) is 2. The van der Waals surface area contributed by atoms with Gasteiger partial charge in [0, 0.05) is 6.07 Å². The third-order valence-electron chi connectivity index (χ3n) is 2.78. The second-order valence-corrected chi connectivity index (χ2v) is 4.36. The molecule has 0 aliphatic heterocycles. The maximum Gasteiger partial charge on any atom is 0.309 e. The average molecular weight is 272 g/mol. The third kappa shape index (κ3) is 4.02. The highest BCUT2D eigenvalue weighted by atomic mass is 16.5. The lowest BCUT2D eigenvalue weighted by Crippen LogP contribution is -2.04. The van der Waals surface area contributed by atoms with Crippen LogP contribution in [0.1, 0.15) is 11.1 Å². The summed E-state index contributed by atoms with van der Waals surface area (Å²) >= 11 is 0. The van der Waals surface area contributed by atoms with E-state index in [-0.39, 0.29) is 18.1 Å². The molecule has 0 amide bonds. The first-order valence-electron chi connectivity index (χ1n) is 6.24. The molecule has 2 rings (SSSR count). The molecule has 0 spiro atoms. The van der Waals surface area contributed by atoms with Crippen molar-refractivity contribution in [1.82, 2.24) is 0 Å². The summed E-state index contributed by atoms with van der Waals surface area (Å²) in [4.78, 5) is 11.2. The molecule has 0 heterocycles. The van der Waals surface area contributed by atoms with E-state index in [2.05, 4.69) is 4.74 Å². The normalized spacial score (nSPS) is 10.1. The van der Waals surface area contributed by atoms with Crippen molar-refractivity contribution in [2.75, 3.05) is 7.11 Å². The van der Waals surface area contributed by atoms with Crippen molar-refractivity contribution in [3.05, 3.63) is 59.7 Å². The van der Waals surface area contributed by atoms with E-state index in [1.807, 2.05) is 30.3 Å². The number of phenolic OH excluding ortho intramolecular Hbond substituents is 1. The van der Waals surface area contributed by atoms with Gasteiger partial charge < -0.3 is 14.6 Å². The highest BCUT2D eigenvalue weighted by Crippen LogP contribution is 2.23. The first-order valence-corrected chi connectivity index (χ1v) is 6.24. The third-order valence-corrected chi connectivity index (χ3v) is 2.78. The van der Waals surface area contributed by atoms with Gasteiger partial charge in [0.2, 0.25) is 0 Å². The molecule has 0 aromatic heterocycles. The Balaban J connectivity index is 2.06. The number of benzene rings is 2. The van der Waals surface area contributed by atoms with Crippen molar-refractivity contribution in [3.63, 3.8) is 0 Å². The minimum absolute atomic E-state index is 0.0643. The standard InChI is InChI=1S/C16H16O4/c1-19-16(18)9-13-7-14(17)10-15(8-13)20-11-12-5-3-2-4-6-12/h2-8,10,17H,9,11H2,1H3. The van der Waals surface area contributed by atoms with Crippen LogP contribution >= 0.6 is 0 Å². The molecule has 2 aromatic carbocycles. The van der Waals surface area contributed by atoms with E-state index in [9.17, 15) is 9.90 Å². The van der Waals surface area contributed by atoms with Crippen LogP contribution < -0.4 is 4.74 Å². The van der Waals surface area contributed by atoms with Crippen LogP contribution in [0, 0.1) is 0 Å². The monoisotopic (exact) mass is 272 g/mol. The molecule has 4 heteroatoms. The maximum absolute atomic E-state index is 11.2. The Morgan fingerprint density at radius 2 is 1.85 bits per heavy atom. The van der Waals surface area contributed by atoms with Gasteiger partial charge in [-0.05, 0) is 23.3 Å². The van der Waals surface area contributed by atoms with Crippen molar-refractivity contribution in [1.29, 1.82) is 0 Å². The summed E-state index contributed by atoms with van der Waals surface area (Å²) in [5.41, 5.74) is 1.69. The van der Waals surface area contributed by atoms with E-state index >= 15 is 0 Å². The second kappa shape index (κ2) is 6.61. The maximum atomic E-state index is 11.2. The van der Waals surface area contributed by atoms with E-state index in [1.165, 1.54) is 19.2 Å². The van der Waals surface area contributed by atoms with E-state index in [1.54, 1.807) is 6.07 Å². The van der Waals surface area contributed by atoms with Crippen LogP contribution in [0.3, 0.4) is 0 Å². The minimum Gasteiger partial charge on any atom is -0.508 e. The Morgan fingerprint density at radius 3 is 2.55 bits per heavy atom. The zero-order chi connectivity index (χ0) is 14.4. The lowest BCUT2D eigenvalue weighted by molar-refractivity contribution is -0.139. The van der Waals surface area contributed by atoms with Gasteiger partial charge in [0.05, 0.1) is 13.5 Å². The number of hydrogen-bond donors (Lipinski definition) is 1. The Morgan fingerprint density at radius 1 is 1.10 bits per heavy atom. The lowest BCUT2D eigenvalue weighted by Gasteiger charge is -2.09. The predicted molar refractivity (Wildman–Crippen MR) is 74.6 cm³/mol. The molecule has 0 unspecified atom stereocenters. The number of esters is 1. The number of methoxy groups -OCH3 is 1. The summed E-state index contributed by atoms with van der Waals surface area (Å²) in [5, 5.41) is 9.64. The van der Waals surface area contributed by atoms with Crippen LogP contribution in [-0.2, 0) is 22.6 Å². The van der Waals surface area contributed by atoms with Gasteiger partial charge in [-0.15, -0.1) is 0 Å².